The molecule has 0 aliphatic rings. The molecule has 0 heterocycles. The van der Waals surface area contributed by atoms with Crippen LogP contribution in [0.4, 0.5) is 0 Å². The van der Waals surface area contributed by atoms with Gasteiger partial charge in [0.05, 0.1) is 18.1 Å². The molecule has 416 valence electrons. The van der Waals surface area contributed by atoms with E-state index in [1.165, 1.54) is 10.5 Å². The smallest absolute Gasteiger partial charge is 0.260 e. The molecule has 74 heavy (non-hydrogen) atoms. The minimum atomic E-state index is -1.04. The number of primary amides is 1. The van der Waals surface area contributed by atoms with Crippen molar-refractivity contribution in [3.05, 3.63) is 52.1 Å². The van der Waals surface area contributed by atoms with E-state index in [-0.39, 0.29) is 64.4 Å². The maximum absolute atomic E-state index is 14.1. The van der Waals surface area contributed by atoms with Crippen LogP contribution in [-0.4, -0.2) is 135 Å². The number of carbonyl (C=O) groups excluding carboxylic acids is 7. The van der Waals surface area contributed by atoms with Crippen LogP contribution >= 0.6 is 0 Å². The van der Waals surface area contributed by atoms with Crippen molar-refractivity contribution in [2.45, 2.75) is 161 Å². The Hall–Kier alpha value is -5.71. The van der Waals surface area contributed by atoms with Gasteiger partial charge in [-0.25, -0.2) is 0 Å². The van der Waals surface area contributed by atoms with E-state index < -0.39 is 65.7 Å². The van der Waals surface area contributed by atoms with Gasteiger partial charge < -0.3 is 76.4 Å². The van der Waals surface area contributed by atoms with E-state index in [1.54, 1.807) is 0 Å². The van der Waals surface area contributed by atoms with Crippen LogP contribution in [0.1, 0.15) is 124 Å². The predicted octanol–water partition coefficient (Wildman–Crippen LogP) is 0.616. The molecule has 0 aromatic heterocycles. The standard InChI is InChI=1S/C53H91N13O8/c1-34-29-37(4)48(38(5)30-34)39-31-36(3)45(32-35(39)2)74-33-47(68)66(28-26-63-53(73)44(19-14-20-46(60)67)65-51(71)42(59)17-8-12-23-56)27-25-62-52(72)43(64-50(70)41(58)16-7-11-22-55)18-9-13-24-61-49(69)40(57)15-6-10-21-54/h29-32,40-44H,6-28,33,54-59H2,1-5H3,(H2,60,67)(H,61,69)(H,62,72)(H,63,73)(H,64,70)(H,65,71). The second kappa shape index (κ2) is 35.5. The average Bonchev–Trinajstić information content (AvgIpc) is 3.34. The summed E-state index contributed by atoms with van der Waals surface area (Å²) in [6, 6.07) is 3.82. The lowest BCUT2D eigenvalue weighted by Gasteiger charge is -2.26. The monoisotopic (exact) mass is 1040 g/mol. The van der Waals surface area contributed by atoms with E-state index in [1.807, 2.05) is 26.0 Å². The number of rotatable bonds is 38. The summed E-state index contributed by atoms with van der Waals surface area (Å²) in [5.74, 6) is -2.83. The van der Waals surface area contributed by atoms with Gasteiger partial charge in [-0.05, 0) is 170 Å². The Morgan fingerprint density at radius 2 is 0.959 bits per heavy atom. The number of unbranched alkanes of at least 4 members (excludes halogenated alkanes) is 4. The molecule has 0 spiro atoms. The first kappa shape index (κ1) is 64.4. The molecule has 0 aliphatic carbocycles. The molecule has 19 N–H and O–H groups in total. The summed E-state index contributed by atoms with van der Waals surface area (Å²) in [5.41, 5.74) is 47.9. The summed E-state index contributed by atoms with van der Waals surface area (Å²) in [4.78, 5) is 93.3. The Kier molecular flexibility index (Phi) is 30.9. The first-order valence-electron chi connectivity index (χ1n) is 26.4. The van der Waals surface area contributed by atoms with Gasteiger partial charge in [0.1, 0.15) is 17.8 Å². The highest BCUT2D eigenvalue weighted by atomic mass is 16.5. The second-order valence-corrected chi connectivity index (χ2v) is 19.4. The van der Waals surface area contributed by atoms with Gasteiger partial charge in [-0.15, -0.1) is 0 Å². The largest absolute Gasteiger partial charge is 0.483 e. The maximum Gasteiger partial charge on any atom is 0.260 e. The third-order valence-corrected chi connectivity index (χ3v) is 12.9. The van der Waals surface area contributed by atoms with Crippen LogP contribution in [0.5, 0.6) is 5.75 Å². The average molecular weight is 1040 g/mol. The van der Waals surface area contributed by atoms with E-state index in [4.69, 9.17) is 44.9 Å². The molecular weight excluding hydrogens is 947 g/mol. The zero-order valence-corrected chi connectivity index (χ0v) is 44.9. The number of nitrogens with one attached hydrogen (secondary N) is 5. The van der Waals surface area contributed by atoms with Crippen LogP contribution in [0.2, 0.25) is 0 Å². The molecule has 0 fully saturated rings. The molecule has 21 heteroatoms. The van der Waals surface area contributed by atoms with Crippen molar-refractivity contribution < 1.29 is 38.3 Å². The fourth-order valence-corrected chi connectivity index (χ4v) is 8.60. The highest BCUT2D eigenvalue weighted by Gasteiger charge is 2.27. The van der Waals surface area contributed by atoms with E-state index in [9.17, 15) is 33.6 Å². The van der Waals surface area contributed by atoms with Crippen molar-refractivity contribution in [2.75, 3.05) is 59.0 Å². The third kappa shape index (κ3) is 24.1. The van der Waals surface area contributed by atoms with Gasteiger partial charge in [0.15, 0.2) is 6.61 Å². The number of hydrogen-bond donors (Lipinski definition) is 12. The van der Waals surface area contributed by atoms with Gasteiger partial charge >= 0.3 is 0 Å². The predicted molar refractivity (Wildman–Crippen MR) is 290 cm³/mol. The van der Waals surface area contributed by atoms with Crippen molar-refractivity contribution >= 4 is 41.4 Å². The molecule has 2 aromatic rings. The summed E-state index contributed by atoms with van der Waals surface area (Å²) in [6.07, 6.45) is 6.92. The molecule has 21 nitrogen and oxygen atoms in total. The number of amides is 7. The lowest BCUT2D eigenvalue weighted by atomic mass is 9.90. The summed E-state index contributed by atoms with van der Waals surface area (Å²) in [5, 5.41) is 14.0. The highest BCUT2D eigenvalue weighted by Crippen LogP contribution is 2.35. The second-order valence-electron chi connectivity index (χ2n) is 19.4. The zero-order chi connectivity index (χ0) is 55.2. The normalized spacial score (nSPS) is 13.2. The van der Waals surface area contributed by atoms with E-state index >= 15 is 0 Å². The fourth-order valence-electron chi connectivity index (χ4n) is 8.60. The Labute approximate surface area is 439 Å². The Balaban J connectivity index is 2.31. The van der Waals surface area contributed by atoms with Crippen LogP contribution in [0, 0.1) is 34.6 Å². The SMILES string of the molecule is Cc1cc(C)c(-c2cc(C)c(OCC(=O)N(CCNC(=O)C(CCCCNC(=O)C(N)CCCCN)NC(=O)C(N)CCCCN)CCNC(=O)C(CCCC(N)=O)NC(=O)C(N)CCCCN)cc2C)c(C)c1. The number of nitrogens with zero attached hydrogens (tertiary/aromatic N) is 1. The van der Waals surface area contributed by atoms with E-state index in [0.29, 0.717) is 89.7 Å². The van der Waals surface area contributed by atoms with Gasteiger partial charge in [-0.1, -0.05) is 37.0 Å². The van der Waals surface area contributed by atoms with E-state index in [0.717, 1.165) is 46.2 Å². The fraction of sp³-hybridized carbons (Fsp3) is 0.642. The molecule has 0 saturated heterocycles. The van der Waals surface area contributed by atoms with Gasteiger partial charge in [-0.3, -0.25) is 33.6 Å². The molecule has 2 rings (SSSR count). The number of benzene rings is 2. The van der Waals surface area contributed by atoms with Crippen LogP contribution in [0.25, 0.3) is 11.1 Å². The number of hydrogen-bond acceptors (Lipinski definition) is 14. The highest BCUT2D eigenvalue weighted by molar-refractivity contribution is 5.90. The van der Waals surface area contributed by atoms with Crippen LogP contribution in [0.3, 0.4) is 0 Å². The minimum absolute atomic E-state index is 0.00103. The Morgan fingerprint density at radius 3 is 1.43 bits per heavy atom. The number of carbonyl (C=O) groups is 7. The summed E-state index contributed by atoms with van der Waals surface area (Å²) >= 11 is 0. The van der Waals surface area contributed by atoms with Crippen molar-refractivity contribution in [1.29, 1.82) is 0 Å². The molecule has 0 saturated carbocycles. The molecule has 0 aliphatic heterocycles. The molecule has 2 aromatic carbocycles. The van der Waals surface area contributed by atoms with Gasteiger partial charge in [0.25, 0.3) is 5.91 Å². The number of ether oxygens (including phenoxy) is 1. The quantitative estimate of drug-likeness (QED) is 0.0411. The lowest BCUT2D eigenvalue weighted by molar-refractivity contribution is -0.134. The summed E-state index contributed by atoms with van der Waals surface area (Å²) in [6.45, 7) is 11.4. The molecule has 0 bridgehead atoms. The van der Waals surface area contributed by atoms with E-state index in [2.05, 4.69) is 59.5 Å². The van der Waals surface area contributed by atoms with Gasteiger partial charge in [-0.2, -0.15) is 0 Å². The van der Waals surface area contributed by atoms with Crippen LogP contribution < -0.4 is 71.5 Å². The minimum Gasteiger partial charge on any atom is -0.483 e. The summed E-state index contributed by atoms with van der Waals surface area (Å²) < 4.78 is 6.17. The zero-order valence-electron chi connectivity index (χ0n) is 44.9. The molecule has 5 unspecified atom stereocenters. The lowest BCUT2D eigenvalue weighted by Crippen LogP contribution is -2.53. The maximum atomic E-state index is 14.1. The van der Waals surface area contributed by atoms with Gasteiger partial charge in [0.2, 0.25) is 35.4 Å². The first-order chi connectivity index (χ1) is 35.2. The molecular formula is C53H91N13O8. The molecule has 5 atom stereocenters. The van der Waals surface area contributed by atoms with Crippen molar-refractivity contribution in [1.82, 2.24) is 31.5 Å². The first-order valence-corrected chi connectivity index (χ1v) is 26.4. The summed E-state index contributed by atoms with van der Waals surface area (Å²) in [7, 11) is 0. The van der Waals surface area contributed by atoms with Crippen LogP contribution in [-0.2, 0) is 33.6 Å². The van der Waals surface area contributed by atoms with Gasteiger partial charge in [0, 0.05) is 39.1 Å². The molecule has 0 radical (unpaired) electrons. The van der Waals surface area contributed by atoms with Crippen molar-refractivity contribution in [2.24, 2.45) is 40.1 Å². The molecule has 7 amide bonds. The number of aryl methyl sites for hydroxylation is 5. The Bertz CT molecular complexity index is 2080. The number of nitrogens with two attached hydrogens (primary N) is 7. The topological polar surface area (TPSA) is 374 Å². The third-order valence-electron chi connectivity index (χ3n) is 12.9. The van der Waals surface area contributed by atoms with Crippen molar-refractivity contribution in [3.8, 4) is 16.9 Å². The van der Waals surface area contributed by atoms with Crippen molar-refractivity contribution in [3.63, 3.8) is 0 Å². The van der Waals surface area contributed by atoms with Crippen LogP contribution in [0.15, 0.2) is 24.3 Å². The Morgan fingerprint density at radius 1 is 0.514 bits per heavy atom.